The van der Waals surface area contributed by atoms with E-state index < -0.39 is 0 Å². The van der Waals surface area contributed by atoms with Gasteiger partial charge in [0.1, 0.15) is 23.0 Å². The first-order chi connectivity index (χ1) is 20.8. The Morgan fingerprint density at radius 1 is 0.512 bits per heavy atom. The molecule has 0 aromatic heterocycles. The van der Waals surface area contributed by atoms with Crippen LogP contribution in [0.5, 0.6) is 23.0 Å². The van der Waals surface area contributed by atoms with Gasteiger partial charge in [-0.3, -0.25) is 14.4 Å². The van der Waals surface area contributed by atoms with Gasteiger partial charge >= 0.3 is 0 Å². The summed E-state index contributed by atoms with van der Waals surface area (Å²) in [6.07, 6.45) is 0. The smallest absolute Gasteiger partial charge is 0.255 e. The highest BCUT2D eigenvalue weighted by atomic mass is 16.5. The van der Waals surface area contributed by atoms with Crippen molar-refractivity contribution in [1.29, 1.82) is 0 Å². The number of anilines is 2. The number of ketones is 2. The molecule has 5 aromatic carbocycles. The van der Waals surface area contributed by atoms with Gasteiger partial charge in [-0.15, -0.1) is 0 Å². The molecule has 0 atom stereocenters. The summed E-state index contributed by atoms with van der Waals surface area (Å²) in [5.74, 6) is 1.93. The summed E-state index contributed by atoms with van der Waals surface area (Å²) < 4.78 is 11.9. The lowest BCUT2D eigenvalue weighted by Gasteiger charge is -2.11. The number of Topliss-reactive ketones (excluding diaryl/α,β-unsaturated/α-hetero) is 2. The average molecular weight is 571 g/mol. The van der Waals surface area contributed by atoms with Gasteiger partial charge in [-0.25, -0.2) is 0 Å². The Morgan fingerprint density at radius 2 is 0.930 bits per heavy atom. The second kappa shape index (κ2) is 12.9. The molecule has 0 saturated carbocycles. The van der Waals surface area contributed by atoms with Gasteiger partial charge < -0.3 is 20.1 Å². The Bertz CT molecular complexity index is 1760. The maximum Gasteiger partial charge on any atom is 0.255 e. The monoisotopic (exact) mass is 570 g/mol. The highest BCUT2D eigenvalue weighted by molar-refractivity contribution is 6.11. The number of hydrogen-bond acceptors (Lipinski definition) is 6. The topological polar surface area (TPSA) is 93.7 Å². The fraction of sp³-hybridized carbons (Fsp3) is 0.0833. The van der Waals surface area contributed by atoms with Crippen LogP contribution in [0.1, 0.15) is 44.9 Å². The molecule has 0 unspecified atom stereocenters. The summed E-state index contributed by atoms with van der Waals surface area (Å²) in [6.45, 7) is 2.76. The van der Waals surface area contributed by atoms with Gasteiger partial charge in [0.05, 0.1) is 0 Å². The molecular formula is C36H30N2O5. The van der Waals surface area contributed by atoms with E-state index in [1.165, 1.54) is 32.0 Å². The first kappa shape index (κ1) is 28.8. The number of carbonyl (C=O) groups excluding carboxylic acids is 3. The second-order valence-electron chi connectivity index (χ2n) is 9.88. The molecule has 0 heterocycles. The third kappa shape index (κ3) is 7.15. The van der Waals surface area contributed by atoms with Gasteiger partial charge in [-0.1, -0.05) is 24.3 Å². The van der Waals surface area contributed by atoms with Crippen molar-refractivity contribution in [3.05, 3.63) is 132 Å². The van der Waals surface area contributed by atoms with Crippen LogP contribution in [0.4, 0.5) is 11.4 Å². The summed E-state index contributed by atoms with van der Waals surface area (Å²) in [5.41, 5.74) is 4.50. The van der Waals surface area contributed by atoms with E-state index in [2.05, 4.69) is 10.6 Å². The van der Waals surface area contributed by atoms with E-state index in [0.29, 0.717) is 22.7 Å². The van der Waals surface area contributed by atoms with E-state index in [1.54, 1.807) is 24.3 Å². The van der Waals surface area contributed by atoms with E-state index >= 15 is 0 Å². The molecule has 0 radical (unpaired) electrons. The summed E-state index contributed by atoms with van der Waals surface area (Å²) in [6, 6.07) is 34.9. The third-order valence-corrected chi connectivity index (χ3v) is 6.81. The predicted molar refractivity (Wildman–Crippen MR) is 169 cm³/mol. The highest BCUT2D eigenvalue weighted by Gasteiger charge is 2.15. The maximum absolute atomic E-state index is 12.8. The molecule has 43 heavy (non-hydrogen) atoms. The average Bonchev–Trinajstić information content (AvgIpc) is 3.03. The minimum atomic E-state index is -0.385. The standard InChI is InChI=1S/C36H30N2O5/c1-23(39)34-21-8-27(22-35(34)24(2)40)36(41)38-29-11-19-33(20-12-29)43-31-15-6-26(7-16-31)25-4-13-30(14-5-25)42-32-17-9-28(37-3)10-18-32/h4-22,37H,1-3H3,(H,38,41). The normalized spacial score (nSPS) is 10.5. The Hall–Kier alpha value is -5.69. The van der Waals surface area contributed by atoms with Crippen LogP contribution in [0.3, 0.4) is 0 Å². The van der Waals surface area contributed by atoms with Crippen LogP contribution >= 0.6 is 0 Å². The zero-order valence-electron chi connectivity index (χ0n) is 24.0. The van der Waals surface area contributed by atoms with Crippen LogP contribution in [-0.4, -0.2) is 24.5 Å². The minimum absolute atomic E-state index is 0.227. The fourth-order valence-electron chi connectivity index (χ4n) is 4.49. The summed E-state index contributed by atoms with van der Waals surface area (Å²) in [7, 11) is 1.88. The van der Waals surface area contributed by atoms with E-state index in [4.69, 9.17) is 9.47 Å². The van der Waals surface area contributed by atoms with Crippen LogP contribution in [0.2, 0.25) is 0 Å². The Labute approximate surface area is 250 Å². The van der Waals surface area contributed by atoms with Crippen molar-refractivity contribution in [1.82, 2.24) is 0 Å². The van der Waals surface area contributed by atoms with Crippen molar-refractivity contribution in [2.45, 2.75) is 13.8 Å². The lowest BCUT2D eigenvalue weighted by Crippen LogP contribution is -2.14. The van der Waals surface area contributed by atoms with E-state index in [0.717, 1.165) is 28.3 Å². The van der Waals surface area contributed by atoms with E-state index in [1.807, 2.05) is 79.8 Å². The highest BCUT2D eigenvalue weighted by Crippen LogP contribution is 2.29. The molecule has 7 heteroatoms. The molecule has 7 nitrogen and oxygen atoms in total. The molecule has 0 spiro atoms. The first-order valence-electron chi connectivity index (χ1n) is 13.7. The Kier molecular flexibility index (Phi) is 8.63. The Morgan fingerprint density at radius 3 is 1.35 bits per heavy atom. The molecule has 1 amide bonds. The number of amides is 1. The van der Waals surface area contributed by atoms with E-state index in [9.17, 15) is 14.4 Å². The van der Waals surface area contributed by atoms with Gasteiger partial charge in [0.15, 0.2) is 11.6 Å². The van der Waals surface area contributed by atoms with Crippen LogP contribution in [-0.2, 0) is 0 Å². The van der Waals surface area contributed by atoms with E-state index in [-0.39, 0.29) is 28.6 Å². The quantitative estimate of drug-likeness (QED) is 0.163. The van der Waals surface area contributed by atoms with Gasteiger partial charge in [-0.05, 0) is 116 Å². The zero-order chi connectivity index (χ0) is 30.3. The minimum Gasteiger partial charge on any atom is -0.457 e. The van der Waals surface area contributed by atoms with Gasteiger partial charge in [0.2, 0.25) is 0 Å². The molecule has 2 N–H and O–H groups in total. The molecule has 0 aliphatic heterocycles. The summed E-state index contributed by atoms with van der Waals surface area (Å²) in [5, 5.41) is 5.90. The number of benzene rings is 5. The number of hydrogen-bond donors (Lipinski definition) is 2. The molecular weight excluding hydrogens is 540 g/mol. The largest absolute Gasteiger partial charge is 0.457 e. The second-order valence-corrected chi connectivity index (χ2v) is 9.88. The van der Waals surface area contributed by atoms with Gasteiger partial charge in [0, 0.05) is 35.1 Å². The molecule has 214 valence electrons. The number of nitrogens with one attached hydrogen (secondary N) is 2. The van der Waals surface area contributed by atoms with Crippen molar-refractivity contribution < 1.29 is 23.9 Å². The first-order valence-corrected chi connectivity index (χ1v) is 13.7. The fourth-order valence-corrected chi connectivity index (χ4v) is 4.49. The lowest BCUT2D eigenvalue weighted by molar-refractivity contribution is 0.0979. The Balaban J connectivity index is 1.18. The molecule has 0 saturated heterocycles. The van der Waals surface area contributed by atoms with Crippen molar-refractivity contribution in [2.75, 3.05) is 17.7 Å². The van der Waals surface area contributed by atoms with Crippen LogP contribution in [0, 0.1) is 0 Å². The predicted octanol–water partition coefficient (Wildman–Crippen LogP) is 8.64. The van der Waals surface area contributed by atoms with Crippen molar-refractivity contribution >= 4 is 28.8 Å². The van der Waals surface area contributed by atoms with Crippen molar-refractivity contribution in [3.8, 4) is 34.1 Å². The van der Waals surface area contributed by atoms with Crippen molar-refractivity contribution in [3.63, 3.8) is 0 Å². The van der Waals surface area contributed by atoms with Crippen LogP contribution in [0.15, 0.2) is 115 Å². The van der Waals surface area contributed by atoms with Gasteiger partial charge in [-0.2, -0.15) is 0 Å². The van der Waals surface area contributed by atoms with Crippen molar-refractivity contribution in [2.24, 2.45) is 0 Å². The maximum atomic E-state index is 12.8. The number of carbonyl (C=O) groups is 3. The molecule has 0 bridgehead atoms. The lowest BCUT2D eigenvalue weighted by atomic mass is 9.98. The molecule has 0 aliphatic carbocycles. The number of rotatable bonds is 10. The SMILES string of the molecule is CNc1ccc(Oc2ccc(-c3ccc(Oc4ccc(NC(=O)c5ccc(C(C)=O)c(C(C)=O)c5)cc4)cc3)cc2)cc1. The molecule has 0 fully saturated rings. The summed E-state index contributed by atoms with van der Waals surface area (Å²) >= 11 is 0. The molecule has 5 aromatic rings. The number of ether oxygens (including phenoxy) is 2. The molecule has 5 rings (SSSR count). The van der Waals surface area contributed by atoms with Crippen LogP contribution < -0.4 is 20.1 Å². The third-order valence-electron chi connectivity index (χ3n) is 6.81. The van der Waals surface area contributed by atoms with Gasteiger partial charge in [0.25, 0.3) is 5.91 Å². The zero-order valence-corrected chi connectivity index (χ0v) is 24.0. The summed E-state index contributed by atoms with van der Waals surface area (Å²) in [4.78, 5) is 36.5. The van der Waals surface area contributed by atoms with Crippen LogP contribution in [0.25, 0.3) is 11.1 Å². The molecule has 0 aliphatic rings.